The predicted octanol–water partition coefficient (Wildman–Crippen LogP) is 7.25. The van der Waals surface area contributed by atoms with Gasteiger partial charge < -0.3 is 0 Å². The summed E-state index contributed by atoms with van der Waals surface area (Å²) in [5.74, 6) is 5.71. The van der Waals surface area contributed by atoms with E-state index in [2.05, 4.69) is 39.8 Å². The monoisotopic (exact) mass is 328 g/mol. The topological polar surface area (TPSA) is 0 Å². The van der Waals surface area contributed by atoms with Crippen LogP contribution in [0.2, 0.25) is 0 Å². The lowest BCUT2D eigenvalue weighted by molar-refractivity contribution is -0.0643. The Bertz CT molecular complexity index is 490. The molecule has 0 amide bonds. The van der Waals surface area contributed by atoms with Crippen LogP contribution < -0.4 is 0 Å². The molecular weight excluding hydrogens is 288 g/mol. The second-order valence-corrected chi connectivity index (χ2v) is 10.5. The second-order valence-electron chi connectivity index (χ2n) is 10.5. The van der Waals surface area contributed by atoms with Gasteiger partial charge in [-0.15, -0.1) is 0 Å². The second kappa shape index (κ2) is 6.17. The van der Waals surface area contributed by atoms with Gasteiger partial charge in [-0.2, -0.15) is 0 Å². The molecule has 3 fully saturated rings. The minimum atomic E-state index is 0.631. The molecule has 0 heteroatoms. The number of hydrogen-bond acceptors (Lipinski definition) is 0. The van der Waals surface area contributed by atoms with Crippen LogP contribution in [-0.2, 0) is 0 Å². The molecule has 1 unspecified atom stereocenters. The molecule has 3 saturated carbocycles. The van der Waals surface area contributed by atoms with Crippen LogP contribution in [0.15, 0.2) is 12.2 Å². The normalized spacial score (nSPS) is 51.6. The van der Waals surface area contributed by atoms with Crippen molar-refractivity contribution >= 4 is 0 Å². The summed E-state index contributed by atoms with van der Waals surface area (Å²) in [5, 5.41) is 0. The number of fused-ring (bicyclic) bond motifs is 5. The van der Waals surface area contributed by atoms with E-state index in [-0.39, 0.29) is 0 Å². The van der Waals surface area contributed by atoms with Gasteiger partial charge >= 0.3 is 0 Å². The van der Waals surface area contributed by atoms with E-state index in [0.29, 0.717) is 10.8 Å². The maximum Gasteiger partial charge on any atom is -0.0166 e. The zero-order valence-electron chi connectivity index (χ0n) is 16.7. The van der Waals surface area contributed by atoms with Crippen LogP contribution in [0.3, 0.4) is 0 Å². The van der Waals surface area contributed by atoms with E-state index >= 15 is 0 Å². The van der Waals surface area contributed by atoms with Crippen LogP contribution in [0, 0.1) is 46.3 Å². The Morgan fingerprint density at radius 3 is 2.50 bits per heavy atom. The first-order chi connectivity index (χ1) is 11.5. The maximum atomic E-state index is 2.73. The van der Waals surface area contributed by atoms with E-state index < -0.39 is 0 Å². The van der Waals surface area contributed by atoms with E-state index in [0.717, 1.165) is 35.5 Å². The summed E-state index contributed by atoms with van der Waals surface area (Å²) in [6.45, 7) is 10.3. The highest BCUT2D eigenvalue weighted by Gasteiger charge is 2.58. The van der Waals surface area contributed by atoms with Crippen molar-refractivity contribution in [1.29, 1.82) is 0 Å². The summed E-state index contributed by atoms with van der Waals surface area (Å²) < 4.78 is 0. The standard InChI is InChI=1S/C24H40/c1-5-8-17(2)20-12-13-21-19-11-10-18-9-6-7-15-23(18,3)22(19)14-16-24(20,21)4/h10-11,17-22H,5-9,12-16H2,1-4H3/t17-,18?,19+,20-,21+,22+,23+,24-/m1/s1. The third kappa shape index (κ3) is 2.38. The summed E-state index contributed by atoms with van der Waals surface area (Å²) >= 11 is 0. The van der Waals surface area contributed by atoms with Crippen molar-refractivity contribution in [3.8, 4) is 0 Å². The Morgan fingerprint density at radius 2 is 1.71 bits per heavy atom. The van der Waals surface area contributed by atoms with Crippen molar-refractivity contribution < 1.29 is 0 Å². The summed E-state index contributed by atoms with van der Waals surface area (Å²) in [7, 11) is 0. The highest BCUT2D eigenvalue weighted by atomic mass is 14.6. The molecule has 136 valence electrons. The molecule has 0 spiro atoms. The fraction of sp³-hybridized carbons (Fsp3) is 0.917. The largest absolute Gasteiger partial charge is 0.0846 e. The molecule has 0 aromatic rings. The van der Waals surface area contributed by atoms with E-state index in [9.17, 15) is 0 Å². The molecule has 24 heavy (non-hydrogen) atoms. The van der Waals surface area contributed by atoms with Crippen molar-refractivity contribution in [2.75, 3.05) is 0 Å². The Kier molecular flexibility index (Phi) is 4.41. The van der Waals surface area contributed by atoms with Crippen molar-refractivity contribution in [3.63, 3.8) is 0 Å². The molecule has 0 bridgehead atoms. The molecule has 8 atom stereocenters. The van der Waals surface area contributed by atoms with Crippen LogP contribution in [0.4, 0.5) is 0 Å². The van der Waals surface area contributed by atoms with Crippen LogP contribution in [0.25, 0.3) is 0 Å². The molecule has 4 aliphatic carbocycles. The van der Waals surface area contributed by atoms with Crippen LogP contribution in [-0.4, -0.2) is 0 Å². The Balaban J connectivity index is 1.61. The molecule has 4 rings (SSSR count). The molecule has 0 saturated heterocycles. The highest BCUT2D eigenvalue weighted by Crippen LogP contribution is 2.66. The first kappa shape index (κ1) is 17.2. The molecule has 0 aromatic heterocycles. The molecule has 0 heterocycles. The van der Waals surface area contributed by atoms with E-state index in [1.165, 1.54) is 64.2 Å². The predicted molar refractivity (Wildman–Crippen MR) is 104 cm³/mol. The Morgan fingerprint density at radius 1 is 0.917 bits per heavy atom. The average molecular weight is 329 g/mol. The SMILES string of the molecule is CCC[C@@H](C)[C@H]1CC[C@H]2[C@@H]3C=CC4CCCC[C@]4(C)[C@H]3CC[C@]12C. The van der Waals surface area contributed by atoms with Gasteiger partial charge in [-0.1, -0.05) is 65.5 Å². The lowest BCUT2D eigenvalue weighted by Crippen LogP contribution is -2.51. The van der Waals surface area contributed by atoms with Crippen molar-refractivity contribution in [3.05, 3.63) is 12.2 Å². The molecule has 0 radical (unpaired) electrons. The lowest BCUT2D eigenvalue weighted by atomic mass is 9.46. The lowest BCUT2D eigenvalue weighted by Gasteiger charge is -2.58. The zero-order valence-corrected chi connectivity index (χ0v) is 16.7. The third-order valence-electron chi connectivity index (χ3n) is 9.58. The summed E-state index contributed by atoms with van der Waals surface area (Å²) in [5.41, 5.74) is 1.27. The highest BCUT2D eigenvalue weighted by molar-refractivity contribution is 5.17. The quantitative estimate of drug-likeness (QED) is 0.479. The first-order valence-electron chi connectivity index (χ1n) is 11.2. The molecule has 0 aromatic carbocycles. The van der Waals surface area contributed by atoms with E-state index in [1.54, 1.807) is 0 Å². The van der Waals surface area contributed by atoms with Gasteiger partial charge in [0.25, 0.3) is 0 Å². The van der Waals surface area contributed by atoms with Gasteiger partial charge in [0.2, 0.25) is 0 Å². The molecule has 0 N–H and O–H groups in total. The van der Waals surface area contributed by atoms with Crippen molar-refractivity contribution in [2.45, 2.75) is 91.9 Å². The summed E-state index contributed by atoms with van der Waals surface area (Å²) in [6.07, 6.45) is 20.2. The fourth-order valence-corrected chi connectivity index (χ4v) is 8.29. The van der Waals surface area contributed by atoms with Gasteiger partial charge in [-0.25, -0.2) is 0 Å². The van der Waals surface area contributed by atoms with Crippen LogP contribution in [0.1, 0.15) is 91.9 Å². The number of rotatable bonds is 3. The molecular formula is C24H40. The van der Waals surface area contributed by atoms with Gasteiger partial charge in [0.1, 0.15) is 0 Å². The van der Waals surface area contributed by atoms with Gasteiger partial charge in [0.15, 0.2) is 0 Å². The third-order valence-corrected chi connectivity index (χ3v) is 9.58. The minimum absolute atomic E-state index is 0.631. The maximum absolute atomic E-state index is 2.73. The Hall–Kier alpha value is -0.260. The van der Waals surface area contributed by atoms with Gasteiger partial charge in [0, 0.05) is 0 Å². The van der Waals surface area contributed by atoms with Crippen LogP contribution in [0.5, 0.6) is 0 Å². The van der Waals surface area contributed by atoms with Gasteiger partial charge in [-0.3, -0.25) is 0 Å². The molecule has 0 aliphatic heterocycles. The number of hydrogen-bond donors (Lipinski definition) is 0. The number of allylic oxidation sites excluding steroid dienone is 2. The van der Waals surface area contributed by atoms with Crippen LogP contribution >= 0.6 is 0 Å². The van der Waals surface area contributed by atoms with Crippen molar-refractivity contribution in [2.24, 2.45) is 46.3 Å². The van der Waals surface area contributed by atoms with Gasteiger partial charge in [-0.05, 0) is 84.9 Å². The van der Waals surface area contributed by atoms with E-state index in [4.69, 9.17) is 0 Å². The van der Waals surface area contributed by atoms with E-state index in [1.807, 2.05) is 0 Å². The fourth-order valence-electron chi connectivity index (χ4n) is 8.29. The molecule has 4 aliphatic rings. The van der Waals surface area contributed by atoms with Gasteiger partial charge in [0.05, 0.1) is 0 Å². The average Bonchev–Trinajstić information content (AvgIpc) is 2.92. The minimum Gasteiger partial charge on any atom is -0.0846 e. The summed E-state index contributed by atoms with van der Waals surface area (Å²) in [6, 6.07) is 0. The zero-order chi connectivity index (χ0) is 16.9. The summed E-state index contributed by atoms with van der Waals surface area (Å²) in [4.78, 5) is 0. The first-order valence-corrected chi connectivity index (χ1v) is 11.2. The van der Waals surface area contributed by atoms with Crippen molar-refractivity contribution in [1.82, 2.24) is 0 Å². The smallest absolute Gasteiger partial charge is 0.0166 e. The Labute approximate surface area is 150 Å². The molecule has 0 nitrogen and oxygen atoms in total.